The molecule has 0 fully saturated rings. The lowest BCUT2D eigenvalue weighted by molar-refractivity contribution is -0.141. The Morgan fingerprint density at radius 1 is 1.22 bits per heavy atom. The number of esters is 1. The Kier molecular flexibility index (Phi) is 5.71. The van der Waals surface area contributed by atoms with Crippen molar-refractivity contribution in [3.05, 3.63) is 70.5 Å². The Morgan fingerprint density at radius 2 is 1.91 bits per heavy atom. The standard InChI is InChI=1S/C17H15ClFNO3/c1-23-16(21)10-15(11-5-3-2-4-6-11)20-17(22)13-9-12(18)7-8-14(13)19/h2-9,15H,10H2,1H3,(H,20,22). The van der Waals surface area contributed by atoms with E-state index >= 15 is 0 Å². The quantitative estimate of drug-likeness (QED) is 0.851. The Morgan fingerprint density at radius 3 is 2.57 bits per heavy atom. The Labute approximate surface area is 138 Å². The summed E-state index contributed by atoms with van der Waals surface area (Å²) in [4.78, 5) is 23.9. The minimum absolute atomic E-state index is 0.0611. The molecule has 2 aromatic carbocycles. The minimum atomic E-state index is -0.684. The van der Waals surface area contributed by atoms with Gasteiger partial charge in [-0.2, -0.15) is 0 Å². The molecule has 0 heterocycles. The van der Waals surface area contributed by atoms with Crippen LogP contribution < -0.4 is 5.32 Å². The van der Waals surface area contributed by atoms with Crippen molar-refractivity contribution in [3.8, 4) is 0 Å². The number of methoxy groups -OCH3 is 1. The molecule has 0 saturated carbocycles. The zero-order chi connectivity index (χ0) is 16.8. The fourth-order valence-electron chi connectivity index (χ4n) is 2.10. The van der Waals surface area contributed by atoms with E-state index in [0.29, 0.717) is 5.56 Å². The van der Waals surface area contributed by atoms with E-state index in [2.05, 4.69) is 10.1 Å². The van der Waals surface area contributed by atoms with Crippen LogP contribution in [0.3, 0.4) is 0 Å². The molecule has 1 atom stereocenters. The smallest absolute Gasteiger partial charge is 0.307 e. The maximum Gasteiger partial charge on any atom is 0.307 e. The van der Waals surface area contributed by atoms with Crippen molar-refractivity contribution in [2.45, 2.75) is 12.5 Å². The van der Waals surface area contributed by atoms with Gasteiger partial charge in [0.25, 0.3) is 5.91 Å². The molecule has 2 rings (SSSR count). The van der Waals surface area contributed by atoms with Gasteiger partial charge < -0.3 is 10.1 Å². The third kappa shape index (κ3) is 4.53. The van der Waals surface area contributed by atoms with E-state index in [4.69, 9.17) is 11.6 Å². The first kappa shape index (κ1) is 17.0. The van der Waals surface area contributed by atoms with Gasteiger partial charge >= 0.3 is 5.97 Å². The summed E-state index contributed by atoms with van der Waals surface area (Å²) in [6, 6.07) is 12.0. The number of carbonyl (C=O) groups excluding carboxylic acids is 2. The molecular formula is C17H15ClFNO3. The second kappa shape index (κ2) is 7.74. The molecule has 1 amide bonds. The molecule has 120 valence electrons. The number of hydrogen-bond donors (Lipinski definition) is 1. The number of carbonyl (C=O) groups is 2. The molecule has 0 aliphatic heterocycles. The van der Waals surface area contributed by atoms with E-state index in [1.54, 1.807) is 24.3 Å². The fraction of sp³-hybridized carbons (Fsp3) is 0.176. The Balaban J connectivity index is 2.25. The number of rotatable bonds is 5. The van der Waals surface area contributed by atoms with E-state index in [-0.39, 0.29) is 17.0 Å². The summed E-state index contributed by atoms with van der Waals surface area (Å²) in [6.07, 6.45) is -0.0611. The highest BCUT2D eigenvalue weighted by molar-refractivity contribution is 6.31. The lowest BCUT2D eigenvalue weighted by Crippen LogP contribution is -2.31. The van der Waals surface area contributed by atoms with Crippen LogP contribution in [0, 0.1) is 5.82 Å². The second-order valence-electron chi connectivity index (χ2n) is 4.84. The van der Waals surface area contributed by atoms with Gasteiger partial charge in [0.2, 0.25) is 0 Å². The molecule has 4 nitrogen and oxygen atoms in total. The van der Waals surface area contributed by atoms with Gasteiger partial charge in [0.05, 0.1) is 25.1 Å². The normalized spacial score (nSPS) is 11.6. The summed E-state index contributed by atoms with van der Waals surface area (Å²) in [6.45, 7) is 0. The van der Waals surface area contributed by atoms with E-state index < -0.39 is 23.7 Å². The second-order valence-corrected chi connectivity index (χ2v) is 5.28. The number of ether oxygens (including phenoxy) is 1. The maximum absolute atomic E-state index is 13.8. The molecule has 0 spiro atoms. The third-order valence-electron chi connectivity index (χ3n) is 3.28. The van der Waals surface area contributed by atoms with Gasteiger partial charge in [-0.1, -0.05) is 41.9 Å². The highest BCUT2D eigenvalue weighted by Crippen LogP contribution is 2.20. The zero-order valence-electron chi connectivity index (χ0n) is 12.4. The average molecular weight is 336 g/mol. The van der Waals surface area contributed by atoms with E-state index in [1.165, 1.54) is 19.2 Å². The molecule has 0 aliphatic rings. The first-order valence-corrected chi connectivity index (χ1v) is 7.26. The van der Waals surface area contributed by atoms with Gasteiger partial charge in [-0.25, -0.2) is 4.39 Å². The van der Waals surface area contributed by atoms with Gasteiger partial charge in [-0.05, 0) is 23.8 Å². The van der Waals surface area contributed by atoms with Crippen molar-refractivity contribution >= 4 is 23.5 Å². The SMILES string of the molecule is COC(=O)CC(NC(=O)c1cc(Cl)ccc1F)c1ccccc1. The molecular weight excluding hydrogens is 321 g/mol. The molecule has 2 aromatic rings. The van der Waals surface area contributed by atoms with Gasteiger partial charge in [-0.15, -0.1) is 0 Å². The van der Waals surface area contributed by atoms with E-state index in [9.17, 15) is 14.0 Å². The van der Waals surface area contributed by atoms with Crippen molar-refractivity contribution in [2.75, 3.05) is 7.11 Å². The first-order valence-electron chi connectivity index (χ1n) is 6.89. The van der Waals surface area contributed by atoms with E-state index in [1.807, 2.05) is 6.07 Å². The van der Waals surface area contributed by atoms with Crippen LogP contribution in [-0.2, 0) is 9.53 Å². The molecule has 6 heteroatoms. The summed E-state index contributed by atoms with van der Waals surface area (Å²) in [5, 5.41) is 2.90. The molecule has 0 aliphatic carbocycles. The van der Waals surface area contributed by atoms with Crippen LogP contribution in [0.25, 0.3) is 0 Å². The molecule has 0 radical (unpaired) electrons. The topological polar surface area (TPSA) is 55.4 Å². The van der Waals surface area contributed by atoms with Crippen molar-refractivity contribution in [1.82, 2.24) is 5.32 Å². The molecule has 0 aromatic heterocycles. The van der Waals surface area contributed by atoms with Crippen LogP contribution in [0.5, 0.6) is 0 Å². The molecule has 0 saturated heterocycles. The van der Waals surface area contributed by atoms with Crippen LogP contribution in [0.1, 0.15) is 28.4 Å². The summed E-state index contributed by atoms with van der Waals surface area (Å²) in [5.41, 5.74) is 0.539. The number of nitrogens with one attached hydrogen (secondary N) is 1. The largest absolute Gasteiger partial charge is 0.469 e. The number of halogens is 2. The maximum atomic E-state index is 13.8. The Bertz CT molecular complexity index is 706. The number of benzene rings is 2. The monoisotopic (exact) mass is 335 g/mol. The molecule has 23 heavy (non-hydrogen) atoms. The van der Waals surface area contributed by atoms with Crippen LogP contribution >= 0.6 is 11.6 Å². The van der Waals surface area contributed by atoms with E-state index in [0.717, 1.165) is 6.07 Å². The van der Waals surface area contributed by atoms with Crippen LogP contribution in [0.15, 0.2) is 48.5 Å². The van der Waals surface area contributed by atoms with Crippen molar-refractivity contribution in [3.63, 3.8) is 0 Å². The van der Waals surface area contributed by atoms with Crippen LogP contribution in [0.2, 0.25) is 5.02 Å². The highest BCUT2D eigenvalue weighted by atomic mass is 35.5. The van der Waals surface area contributed by atoms with Crippen molar-refractivity contribution in [1.29, 1.82) is 0 Å². The number of hydrogen-bond acceptors (Lipinski definition) is 3. The van der Waals surface area contributed by atoms with Gasteiger partial charge in [0, 0.05) is 5.02 Å². The van der Waals surface area contributed by atoms with Gasteiger partial charge in [0.1, 0.15) is 5.82 Å². The fourth-order valence-corrected chi connectivity index (χ4v) is 2.27. The zero-order valence-corrected chi connectivity index (χ0v) is 13.1. The van der Waals surface area contributed by atoms with Crippen LogP contribution in [-0.4, -0.2) is 19.0 Å². The van der Waals surface area contributed by atoms with Crippen LogP contribution in [0.4, 0.5) is 4.39 Å². The highest BCUT2D eigenvalue weighted by Gasteiger charge is 2.21. The first-order chi connectivity index (χ1) is 11.0. The van der Waals surface area contributed by atoms with Gasteiger partial charge in [-0.3, -0.25) is 9.59 Å². The summed E-state index contributed by atoms with van der Waals surface area (Å²) in [7, 11) is 1.27. The molecule has 1 N–H and O–H groups in total. The Hall–Kier alpha value is -2.40. The third-order valence-corrected chi connectivity index (χ3v) is 3.51. The number of amides is 1. The van der Waals surface area contributed by atoms with Gasteiger partial charge in [0.15, 0.2) is 0 Å². The summed E-state index contributed by atoms with van der Waals surface area (Å²) >= 11 is 5.80. The molecule has 0 bridgehead atoms. The summed E-state index contributed by atoms with van der Waals surface area (Å²) < 4.78 is 18.4. The lowest BCUT2D eigenvalue weighted by Gasteiger charge is -2.18. The lowest BCUT2D eigenvalue weighted by atomic mass is 10.0. The van der Waals surface area contributed by atoms with Crippen molar-refractivity contribution < 1.29 is 18.7 Å². The predicted molar refractivity (Wildman–Crippen MR) is 84.7 cm³/mol. The molecule has 1 unspecified atom stereocenters. The van der Waals surface area contributed by atoms with Crippen molar-refractivity contribution in [2.24, 2.45) is 0 Å². The minimum Gasteiger partial charge on any atom is -0.469 e. The average Bonchev–Trinajstić information content (AvgIpc) is 2.57. The summed E-state index contributed by atoms with van der Waals surface area (Å²) in [5.74, 6) is -1.81. The predicted octanol–water partition coefficient (Wildman–Crippen LogP) is 3.51.